The Morgan fingerprint density at radius 3 is 2.78 bits per heavy atom. The van der Waals surface area contributed by atoms with Gasteiger partial charge in [-0.1, -0.05) is 0 Å². The summed E-state index contributed by atoms with van der Waals surface area (Å²) in [5.41, 5.74) is 1.69. The van der Waals surface area contributed by atoms with Crippen LogP contribution in [0.1, 0.15) is 24.2 Å². The summed E-state index contributed by atoms with van der Waals surface area (Å²) in [6, 6.07) is 1.32. The van der Waals surface area contributed by atoms with Crippen LogP contribution in [0.25, 0.3) is 0 Å². The maximum absolute atomic E-state index is 12.9. The number of halogens is 3. The van der Waals surface area contributed by atoms with Crippen LogP contribution in [0.3, 0.4) is 0 Å². The predicted molar refractivity (Wildman–Crippen MR) is 62.2 cm³/mol. The Labute approximate surface area is 104 Å². The number of rotatable bonds is 2. The molecule has 102 valence electrons. The topological polar surface area (TPSA) is 29.9 Å². The number of alkyl halides is 3. The molecule has 1 fully saturated rings. The van der Waals surface area contributed by atoms with Crippen molar-refractivity contribution in [2.45, 2.75) is 38.4 Å². The lowest BCUT2D eigenvalue weighted by Gasteiger charge is -2.34. The van der Waals surface area contributed by atoms with E-state index in [2.05, 4.69) is 10.4 Å². The van der Waals surface area contributed by atoms with Crippen molar-refractivity contribution in [1.82, 2.24) is 15.1 Å². The van der Waals surface area contributed by atoms with E-state index in [4.69, 9.17) is 0 Å². The average molecular weight is 261 g/mol. The lowest BCUT2D eigenvalue weighted by molar-refractivity contribution is -0.188. The van der Waals surface area contributed by atoms with Gasteiger partial charge in [0, 0.05) is 25.2 Å². The predicted octanol–water partition coefficient (Wildman–Crippen LogP) is 2.20. The maximum Gasteiger partial charge on any atom is 0.393 e. The number of piperidine rings is 1. The third-order valence-electron chi connectivity index (χ3n) is 3.53. The monoisotopic (exact) mass is 261 g/mol. The fraction of sp³-hybridized carbons (Fsp3) is 0.750. The van der Waals surface area contributed by atoms with Gasteiger partial charge in [-0.05, 0) is 32.4 Å². The zero-order chi connectivity index (χ0) is 13.3. The van der Waals surface area contributed by atoms with Gasteiger partial charge in [0.2, 0.25) is 0 Å². The third-order valence-corrected chi connectivity index (χ3v) is 3.53. The Morgan fingerprint density at radius 1 is 1.50 bits per heavy atom. The number of aromatic nitrogens is 2. The van der Waals surface area contributed by atoms with Crippen molar-refractivity contribution in [2.75, 3.05) is 6.54 Å². The van der Waals surface area contributed by atoms with Crippen molar-refractivity contribution in [3.8, 4) is 0 Å². The van der Waals surface area contributed by atoms with E-state index >= 15 is 0 Å². The Balaban J connectivity index is 2.13. The molecule has 1 N–H and O–H groups in total. The molecule has 2 rings (SSSR count). The molecule has 1 aromatic rings. The van der Waals surface area contributed by atoms with E-state index in [0.717, 1.165) is 11.4 Å². The second-order valence-electron chi connectivity index (χ2n) is 4.96. The summed E-state index contributed by atoms with van der Waals surface area (Å²) >= 11 is 0. The van der Waals surface area contributed by atoms with Crippen LogP contribution in [-0.4, -0.2) is 28.5 Å². The molecule has 1 aliphatic heterocycles. The fourth-order valence-corrected chi connectivity index (χ4v) is 2.64. The molecule has 18 heavy (non-hydrogen) atoms. The van der Waals surface area contributed by atoms with E-state index in [0.29, 0.717) is 19.4 Å². The first-order valence-electron chi connectivity index (χ1n) is 6.17. The van der Waals surface area contributed by atoms with E-state index in [1.54, 1.807) is 11.7 Å². The van der Waals surface area contributed by atoms with E-state index in [1.807, 2.05) is 13.0 Å². The van der Waals surface area contributed by atoms with Gasteiger partial charge in [0.15, 0.2) is 0 Å². The largest absolute Gasteiger partial charge is 0.393 e. The van der Waals surface area contributed by atoms with Gasteiger partial charge in [0.1, 0.15) is 0 Å². The molecule has 1 saturated heterocycles. The van der Waals surface area contributed by atoms with Gasteiger partial charge < -0.3 is 5.32 Å². The van der Waals surface area contributed by atoms with Gasteiger partial charge in [-0.2, -0.15) is 18.3 Å². The van der Waals surface area contributed by atoms with Crippen LogP contribution in [0.5, 0.6) is 0 Å². The highest BCUT2D eigenvalue weighted by Crippen LogP contribution is 2.35. The second kappa shape index (κ2) is 4.91. The number of hydrogen-bond acceptors (Lipinski definition) is 2. The van der Waals surface area contributed by atoms with Crippen molar-refractivity contribution < 1.29 is 13.2 Å². The van der Waals surface area contributed by atoms with Crippen molar-refractivity contribution in [3.63, 3.8) is 0 Å². The molecule has 0 bridgehead atoms. The highest BCUT2D eigenvalue weighted by atomic mass is 19.4. The summed E-state index contributed by atoms with van der Waals surface area (Å²) < 4.78 is 40.5. The van der Waals surface area contributed by atoms with Crippen molar-refractivity contribution in [3.05, 3.63) is 17.5 Å². The molecule has 2 atom stereocenters. The zero-order valence-electron chi connectivity index (χ0n) is 10.6. The smallest absolute Gasteiger partial charge is 0.313 e. The van der Waals surface area contributed by atoms with Gasteiger partial charge in [-0.3, -0.25) is 4.68 Å². The van der Waals surface area contributed by atoms with E-state index in [9.17, 15) is 13.2 Å². The summed E-state index contributed by atoms with van der Waals surface area (Å²) in [5, 5.41) is 7.17. The third kappa shape index (κ3) is 2.85. The SMILES string of the molecule is Cc1cc(CC2NCCCC2C(F)(F)F)n(C)n1. The molecule has 6 heteroatoms. The van der Waals surface area contributed by atoms with Crippen LogP contribution >= 0.6 is 0 Å². The fourth-order valence-electron chi connectivity index (χ4n) is 2.64. The minimum Gasteiger partial charge on any atom is -0.313 e. The Kier molecular flexibility index (Phi) is 3.66. The van der Waals surface area contributed by atoms with Crippen LogP contribution in [0.15, 0.2) is 6.07 Å². The molecule has 3 nitrogen and oxygen atoms in total. The normalized spacial score (nSPS) is 25.4. The molecule has 0 spiro atoms. The van der Waals surface area contributed by atoms with Crippen LogP contribution in [-0.2, 0) is 13.5 Å². The molecule has 0 aromatic carbocycles. The zero-order valence-corrected chi connectivity index (χ0v) is 10.6. The van der Waals surface area contributed by atoms with E-state index < -0.39 is 18.1 Å². The quantitative estimate of drug-likeness (QED) is 0.884. The van der Waals surface area contributed by atoms with Gasteiger partial charge >= 0.3 is 6.18 Å². The molecule has 0 saturated carbocycles. The van der Waals surface area contributed by atoms with Crippen LogP contribution in [0.4, 0.5) is 13.2 Å². The number of aryl methyl sites for hydroxylation is 2. The summed E-state index contributed by atoms with van der Waals surface area (Å²) in [7, 11) is 1.77. The average Bonchev–Trinajstić information content (AvgIpc) is 2.57. The van der Waals surface area contributed by atoms with Crippen LogP contribution in [0, 0.1) is 12.8 Å². The van der Waals surface area contributed by atoms with Gasteiger partial charge in [-0.15, -0.1) is 0 Å². The van der Waals surface area contributed by atoms with Crippen LogP contribution in [0.2, 0.25) is 0 Å². The van der Waals surface area contributed by atoms with Gasteiger partial charge in [0.25, 0.3) is 0 Å². The van der Waals surface area contributed by atoms with Gasteiger partial charge in [0.05, 0.1) is 11.6 Å². The van der Waals surface area contributed by atoms with E-state index in [1.165, 1.54) is 0 Å². The number of nitrogens with one attached hydrogen (secondary N) is 1. The molecule has 0 radical (unpaired) electrons. The molecule has 2 unspecified atom stereocenters. The Hall–Kier alpha value is -1.04. The lowest BCUT2D eigenvalue weighted by Crippen LogP contribution is -2.49. The van der Waals surface area contributed by atoms with Crippen molar-refractivity contribution >= 4 is 0 Å². The first-order valence-corrected chi connectivity index (χ1v) is 6.17. The molecule has 1 aliphatic rings. The standard InChI is InChI=1S/C12H18F3N3/c1-8-6-9(18(2)17-8)7-11-10(12(13,14)15)4-3-5-16-11/h6,10-11,16H,3-5,7H2,1-2H3. The Morgan fingerprint density at radius 2 is 2.22 bits per heavy atom. The molecular formula is C12H18F3N3. The maximum atomic E-state index is 12.9. The highest BCUT2D eigenvalue weighted by Gasteiger charge is 2.45. The number of nitrogens with zero attached hydrogens (tertiary/aromatic N) is 2. The first-order chi connectivity index (χ1) is 8.38. The van der Waals surface area contributed by atoms with Crippen molar-refractivity contribution in [1.29, 1.82) is 0 Å². The molecular weight excluding hydrogens is 243 g/mol. The molecule has 0 amide bonds. The molecule has 1 aromatic heterocycles. The second-order valence-corrected chi connectivity index (χ2v) is 4.96. The van der Waals surface area contributed by atoms with Gasteiger partial charge in [-0.25, -0.2) is 0 Å². The number of hydrogen-bond donors (Lipinski definition) is 1. The summed E-state index contributed by atoms with van der Waals surface area (Å²) in [6.45, 7) is 2.51. The minimum absolute atomic E-state index is 0.220. The molecule has 2 heterocycles. The minimum atomic E-state index is -4.12. The molecule has 0 aliphatic carbocycles. The van der Waals surface area contributed by atoms with E-state index in [-0.39, 0.29) is 6.42 Å². The summed E-state index contributed by atoms with van der Waals surface area (Å²) in [5.74, 6) is -1.25. The summed E-state index contributed by atoms with van der Waals surface area (Å²) in [6.07, 6.45) is -2.93. The Bertz CT molecular complexity index is 411. The highest BCUT2D eigenvalue weighted by molar-refractivity contribution is 5.11. The van der Waals surface area contributed by atoms with Crippen molar-refractivity contribution in [2.24, 2.45) is 13.0 Å². The first kappa shape index (κ1) is 13.4. The summed E-state index contributed by atoms with van der Waals surface area (Å²) in [4.78, 5) is 0. The lowest BCUT2D eigenvalue weighted by atomic mass is 9.87. The van der Waals surface area contributed by atoms with Crippen LogP contribution < -0.4 is 5.32 Å².